The largest absolute Gasteiger partial charge is 0.493 e. The Morgan fingerprint density at radius 1 is 0.906 bits per heavy atom. The molecule has 1 heterocycles. The van der Waals surface area contributed by atoms with Gasteiger partial charge in [-0.2, -0.15) is 13.2 Å². The lowest BCUT2D eigenvalue weighted by Gasteiger charge is -2.12. The highest BCUT2D eigenvalue weighted by Gasteiger charge is 2.31. The summed E-state index contributed by atoms with van der Waals surface area (Å²) in [4.78, 5) is 4.59. The zero-order chi connectivity index (χ0) is 22.9. The second-order valence-corrected chi connectivity index (χ2v) is 7.60. The van der Waals surface area contributed by atoms with Crippen molar-refractivity contribution in [2.45, 2.75) is 26.1 Å². The first kappa shape index (κ1) is 21.7. The molecular formula is C25H23F3N2O2. The number of rotatable bonds is 6. The molecular weight excluding hydrogens is 417 g/mol. The van der Waals surface area contributed by atoms with E-state index in [1.807, 2.05) is 54.0 Å². The summed E-state index contributed by atoms with van der Waals surface area (Å²) in [6, 6.07) is 17.2. The van der Waals surface area contributed by atoms with Crippen molar-refractivity contribution in [2.75, 3.05) is 14.2 Å². The summed E-state index contributed by atoms with van der Waals surface area (Å²) < 4.78 is 52.4. The van der Waals surface area contributed by atoms with E-state index in [4.69, 9.17) is 9.47 Å². The van der Waals surface area contributed by atoms with Crippen LogP contribution in [0.15, 0.2) is 60.7 Å². The zero-order valence-corrected chi connectivity index (χ0v) is 18.0. The molecule has 0 N–H and O–H groups in total. The van der Waals surface area contributed by atoms with E-state index in [1.54, 1.807) is 14.2 Å². The number of hydrogen-bond acceptors (Lipinski definition) is 3. The summed E-state index contributed by atoms with van der Waals surface area (Å²) >= 11 is 0. The number of methoxy groups -OCH3 is 2. The van der Waals surface area contributed by atoms with Crippen LogP contribution in [0.3, 0.4) is 0 Å². The molecule has 0 unspecified atom stereocenters. The molecule has 0 aliphatic heterocycles. The molecule has 0 saturated carbocycles. The molecule has 166 valence electrons. The molecule has 0 atom stereocenters. The number of halogens is 3. The molecule has 0 bridgehead atoms. The van der Waals surface area contributed by atoms with Crippen molar-refractivity contribution in [3.05, 3.63) is 77.4 Å². The van der Waals surface area contributed by atoms with E-state index >= 15 is 0 Å². The predicted octanol–water partition coefficient (Wildman–Crippen LogP) is 6.29. The fourth-order valence-electron chi connectivity index (χ4n) is 3.81. The van der Waals surface area contributed by atoms with Gasteiger partial charge in [0.25, 0.3) is 0 Å². The smallest absolute Gasteiger partial charge is 0.416 e. The summed E-state index contributed by atoms with van der Waals surface area (Å²) in [6.45, 7) is 2.52. The van der Waals surface area contributed by atoms with Gasteiger partial charge < -0.3 is 14.0 Å². The third kappa shape index (κ3) is 4.28. The normalized spacial score (nSPS) is 11.7. The van der Waals surface area contributed by atoms with E-state index in [2.05, 4.69) is 4.98 Å². The minimum atomic E-state index is -4.42. The summed E-state index contributed by atoms with van der Waals surface area (Å²) in [5.74, 6) is 1.92. The van der Waals surface area contributed by atoms with E-state index in [1.165, 1.54) is 6.07 Å². The Balaban J connectivity index is 1.77. The standard InChI is InChI=1S/C25H23F3N2O2/c1-16-5-4-6-18(13-16)24-29-20-15-19(25(26,27)28)8-9-21(20)30(24)12-11-17-7-10-22(31-2)23(14-17)32-3/h4-10,13-15H,11-12H2,1-3H3. The van der Waals surface area contributed by atoms with Gasteiger partial charge in [0.05, 0.1) is 30.8 Å². The first-order valence-corrected chi connectivity index (χ1v) is 10.2. The number of benzene rings is 3. The van der Waals surface area contributed by atoms with Crippen LogP contribution in [0.4, 0.5) is 13.2 Å². The third-order valence-corrected chi connectivity index (χ3v) is 5.42. The Bertz CT molecular complexity index is 1260. The molecule has 0 aliphatic rings. The number of imidazole rings is 1. The van der Waals surface area contributed by atoms with E-state index in [-0.39, 0.29) is 0 Å². The Labute approximate surface area is 184 Å². The minimum Gasteiger partial charge on any atom is -0.493 e. The van der Waals surface area contributed by atoms with Crippen LogP contribution in [0, 0.1) is 6.92 Å². The van der Waals surface area contributed by atoms with Crippen LogP contribution in [0.2, 0.25) is 0 Å². The van der Waals surface area contributed by atoms with Gasteiger partial charge in [0.2, 0.25) is 0 Å². The van der Waals surface area contributed by atoms with E-state index in [9.17, 15) is 13.2 Å². The highest BCUT2D eigenvalue weighted by molar-refractivity contribution is 5.81. The van der Waals surface area contributed by atoms with Gasteiger partial charge >= 0.3 is 6.18 Å². The molecule has 0 fully saturated rings. The topological polar surface area (TPSA) is 36.3 Å². The summed E-state index contributed by atoms with van der Waals surface area (Å²) in [5.41, 5.74) is 3.22. The summed E-state index contributed by atoms with van der Waals surface area (Å²) in [5, 5.41) is 0. The Morgan fingerprint density at radius 3 is 2.38 bits per heavy atom. The third-order valence-electron chi connectivity index (χ3n) is 5.42. The van der Waals surface area contributed by atoms with E-state index < -0.39 is 11.7 Å². The van der Waals surface area contributed by atoms with Crippen LogP contribution in [-0.4, -0.2) is 23.8 Å². The lowest BCUT2D eigenvalue weighted by molar-refractivity contribution is -0.137. The average Bonchev–Trinajstić information content (AvgIpc) is 3.14. The lowest BCUT2D eigenvalue weighted by atomic mass is 10.1. The molecule has 0 aliphatic carbocycles. The van der Waals surface area contributed by atoms with Crippen LogP contribution < -0.4 is 9.47 Å². The quantitative estimate of drug-likeness (QED) is 0.354. The lowest BCUT2D eigenvalue weighted by Crippen LogP contribution is -2.06. The predicted molar refractivity (Wildman–Crippen MR) is 118 cm³/mol. The fourth-order valence-corrected chi connectivity index (χ4v) is 3.81. The number of aromatic nitrogens is 2. The maximum Gasteiger partial charge on any atom is 0.416 e. The molecule has 0 radical (unpaired) electrons. The summed E-state index contributed by atoms with van der Waals surface area (Å²) in [7, 11) is 3.16. The van der Waals surface area contributed by atoms with Gasteiger partial charge in [-0.3, -0.25) is 0 Å². The minimum absolute atomic E-state index is 0.323. The van der Waals surface area contributed by atoms with Crippen molar-refractivity contribution in [3.63, 3.8) is 0 Å². The second kappa shape index (κ2) is 8.57. The van der Waals surface area contributed by atoms with Gasteiger partial charge in [0.1, 0.15) is 5.82 Å². The number of ether oxygens (including phenoxy) is 2. The molecule has 0 spiro atoms. The van der Waals surface area contributed by atoms with E-state index in [0.29, 0.717) is 41.3 Å². The molecule has 1 aromatic heterocycles. The zero-order valence-electron chi connectivity index (χ0n) is 18.0. The van der Waals surface area contributed by atoms with Crippen LogP contribution in [-0.2, 0) is 19.1 Å². The van der Waals surface area contributed by atoms with Crippen LogP contribution >= 0.6 is 0 Å². The van der Waals surface area contributed by atoms with Gasteiger partial charge in [-0.15, -0.1) is 0 Å². The van der Waals surface area contributed by atoms with Gasteiger partial charge in [-0.1, -0.05) is 29.8 Å². The number of aryl methyl sites for hydroxylation is 3. The first-order valence-electron chi connectivity index (χ1n) is 10.2. The molecule has 3 aromatic carbocycles. The van der Waals surface area contributed by atoms with Crippen molar-refractivity contribution in [2.24, 2.45) is 0 Å². The SMILES string of the molecule is COc1ccc(CCn2c(-c3cccc(C)c3)nc3cc(C(F)(F)F)ccc32)cc1OC. The number of hydrogen-bond donors (Lipinski definition) is 0. The highest BCUT2D eigenvalue weighted by Crippen LogP contribution is 2.34. The summed E-state index contributed by atoms with van der Waals surface area (Å²) in [6.07, 6.45) is -3.77. The highest BCUT2D eigenvalue weighted by atomic mass is 19.4. The second-order valence-electron chi connectivity index (χ2n) is 7.60. The van der Waals surface area contributed by atoms with Crippen molar-refractivity contribution in [1.82, 2.24) is 9.55 Å². The monoisotopic (exact) mass is 440 g/mol. The van der Waals surface area contributed by atoms with Crippen LogP contribution in [0.1, 0.15) is 16.7 Å². The van der Waals surface area contributed by atoms with Gasteiger partial charge in [0, 0.05) is 12.1 Å². The maximum absolute atomic E-state index is 13.2. The molecule has 7 heteroatoms. The number of alkyl halides is 3. The Hall–Kier alpha value is -3.48. The van der Waals surface area contributed by atoms with Crippen molar-refractivity contribution in [1.29, 1.82) is 0 Å². The molecule has 0 amide bonds. The average molecular weight is 440 g/mol. The van der Waals surface area contributed by atoms with Crippen molar-refractivity contribution in [3.8, 4) is 22.9 Å². The van der Waals surface area contributed by atoms with Crippen molar-refractivity contribution < 1.29 is 22.6 Å². The Kier molecular flexibility index (Phi) is 5.82. The maximum atomic E-state index is 13.2. The van der Waals surface area contributed by atoms with E-state index in [0.717, 1.165) is 28.8 Å². The molecule has 4 rings (SSSR count). The van der Waals surface area contributed by atoms with Crippen LogP contribution in [0.5, 0.6) is 11.5 Å². The molecule has 4 aromatic rings. The van der Waals surface area contributed by atoms with Gasteiger partial charge in [-0.05, 0) is 55.3 Å². The Morgan fingerprint density at radius 2 is 1.69 bits per heavy atom. The fraction of sp³-hybridized carbons (Fsp3) is 0.240. The molecule has 4 nitrogen and oxygen atoms in total. The van der Waals surface area contributed by atoms with Gasteiger partial charge in [0.15, 0.2) is 11.5 Å². The van der Waals surface area contributed by atoms with Crippen molar-refractivity contribution >= 4 is 11.0 Å². The first-order chi connectivity index (χ1) is 15.3. The number of fused-ring (bicyclic) bond motifs is 1. The molecule has 32 heavy (non-hydrogen) atoms. The van der Waals surface area contributed by atoms with Crippen LogP contribution in [0.25, 0.3) is 22.4 Å². The van der Waals surface area contributed by atoms with Gasteiger partial charge in [-0.25, -0.2) is 4.98 Å². The molecule has 0 saturated heterocycles. The number of nitrogens with zero attached hydrogens (tertiary/aromatic N) is 2.